The van der Waals surface area contributed by atoms with E-state index in [1.165, 1.54) is 0 Å². The van der Waals surface area contributed by atoms with Gasteiger partial charge in [0.15, 0.2) is 0 Å². The molecule has 0 N–H and O–H groups in total. The minimum absolute atomic E-state index is 0.0961. The standard InChI is InChI=1S/C5H9F/c1-4-2-5(4)3-6/h4-5H,2-3H2,1H3/t4-,5+/m0/s1. The van der Waals surface area contributed by atoms with Gasteiger partial charge in [-0.05, 0) is 18.3 Å². The fraction of sp³-hybridized carbons (Fsp3) is 1.00. The maximum Gasteiger partial charge on any atom is 0.0925 e. The topological polar surface area (TPSA) is 0 Å². The summed E-state index contributed by atoms with van der Waals surface area (Å²) < 4.78 is 11.4. The van der Waals surface area contributed by atoms with Crippen LogP contribution in [-0.4, -0.2) is 6.67 Å². The smallest absolute Gasteiger partial charge is 0.0925 e. The van der Waals surface area contributed by atoms with Gasteiger partial charge in [-0.15, -0.1) is 0 Å². The maximum absolute atomic E-state index is 11.4. The summed E-state index contributed by atoms with van der Waals surface area (Å²) in [6.07, 6.45) is 1.12. The Morgan fingerprint density at radius 1 is 1.83 bits per heavy atom. The van der Waals surface area contributed by atoms with Gasteiger partial charge in [0, 0.05) is 0 Å². The van der Waals surface area contributed by atoms with Crippen molar-refractivity contribution in [2.45, 2.75) is 13.3 Å². The normalized spacial score (nSPS) is 43.0. The van der Waals surface area contributed by atoms with Crippen LogP contribution in [0.4, 0.5) is 4.39 Å². The molecule has 1 saturated carbocycles. The first-order valence-electron chi connectivity index (χ1n) is 2.40. The Hall–Kier alpha value is -0.0700. The predicted molar refractivity (Wildman–Crippen MR) is 23.2 cm³/mol. The first kappa shape index (κ1) is 4.10. The van der Waals surface area contributed by atoms with E-state index in [9.17, 15) is 4.39 Å². The molecule has 1 aliphatic carbocycles. The number of hydrogen-bond acceptors (Lipinski definition) is 0. The summed E-state index contributed by atoms with van der Waals surface area (Å²) >= 11 is 0. The molecule has 1 heteroatoms. The van der Waals surface area contributed by atoms with Crippen molar-refractivity contribution in [3.05, 3.63) is 0 Å². The fourth-order valence-electron chi connectivity index (χ4n) is 0.614. The molecule has 1 aliphatic rings. The van der Waals surface area contributed by atoms with E-state index in [1.54, 1.807) is 0 Å². The van der Waals surface area contributed by atoms with Crippen molar-refractivity contribution in [1.82, 2.24) is 0 Å². The Morgan fingerprint density at radius 2 is 2.33 bits per heavy atom. The Labute approximate surface area is 37.4 Å². The zero-order valence-electron chi connectivity index (χ0n) is 3.95. The molecule has 0 aromatic heterocycles. The van der Waals surface area contributed by atoms with Gasteiger partial charge >= 0.3 is 0 Å². The lowest BCUT2D eigenvalue weighted by Crippen LogP contribution is -1.76. The van der Waals surface area contributed by atoms with E-state index >= 15 is 0 Å². The van der Waals surface area contributed by atoms with Crippen LogP contribution < -0.4 is 0 Å². The van der Waals surface area contributed by atoms with Crippen LogP contribution in [0.3, 0.4) is 0 Å². The van der Waals surface area contributed by atoms with Crippen molar-refractivity contribution in [3.63, 3.8) is 0 Å². The highest BCUT2D eigenvalue weighted by molar-refractivity contribution is 4.80. The highest BCUT2D eigenvalue weighted by Crippen LogP contribution is 2.37. The van der Waals surface area contributed by atoms with E-state index < -0.39 is 0 Å². The molecule has 0 unspecified atom stereocenters. The summed E-state index contributed by atoms with van der Waals surface area (Å²) in [4.78, 5) is 0. The first-order chi connectivity index (χ1) is 2.84. The van der Waals surface area contributed by atoms with Gasteiger partial charge in [0.05, 0.1) is 6.67 Å². The number of hydrogen-bond donors (Lipinski definition) is 0. The molecule has 36 valence electrons. The Kier molecular flexibility index (Phi) is 0.827. The third kappa shape index (κ3) is 0.537. The van der Waals surface area contributed by atoms with Gasteiger partial charge in [0.1, 0.15) is 0 Å². The lowest BCUT2D eigenvalue weighted by Gasteiger charge is -1.76. The summed E-state index contributed by atoms with van der Waals surface area (Å²) in [6.45, 7) is 1.99. The number of halogens is 1. The molecule has 0 radical (unpaired) electrons. The van der Waals surface area contributed by atoms with Crippen molar-refractivity contribution in [2.75, 3.05) is 6.67 Å². The average molecular weight is 88.1 g/mol. The quantitative estimate of drug-likeness (QED) is 0.457. The van der Waals surface area contributed by atoms with E-state index in [2.05, 4.69) is 6.92 Å². The zero-order valence-corrected chi connectivity index (χ0v) is 3.95. The van der Waals surface area contributed by atoms with Crippen LogP contribution in [0.1, 0.15) is 13.3 Å². The van der Waals surface area contributed by atoms with Crippen LogP contribution in [-0.2, 0) is 0 Å². The average Bonchev–Trinajstić information content (AvgIpc) is 2.19. The fourth-order valence-corrected chi connectivity index (χ4v) is 0.614. The molecule has 6 heavy (non-hydrogen) atoms. The summed E-state index contributed by atoms with van der Waals surface area (Å²) in [5.74, 6) is 1.12. The van der Waals surface area contributed by atoms with Gasteiger partial charge in [0.25, 0.3) is 0 Å². The summed E-state index contributed by atoms with van der Waals surface area (Å²) in [6, 6.07) is 0. The van der Waals surface area contributed by atoms with E-state index in [-0.39, 0.29) is 6.67 Å². The third-order valence-electron chi connectivity index (χ3n) is 1.47. The van der Waals surface area contributed by atoms with Gasteiger partial charge in [0.2, 0.25) is 0 Å². The minimum Gasteiger partial charge on any atom is -0.251 e. The van der Waals surface area contributed by atoms with E-state index in [1.807, 2.05) is 0 Å². The molecule has 0 bridgehead atoms. The highest BCUT2D eigenvalue weighted by Gasteiger charge is 2.31. The monoisotopic (exact) mass is 88.1 g/mol. The zero-order chi connectivity index (χ0) is 4.57. The summed E-state index contributed by atoms with van der Waals surface area (Å²) in [5, 5.41) is 0. The molecule has 0 amide bonds. The minimum atomic E-state index is -0.0961. The van der Waals surface area contributed by atoms with Crippen LogP contribution in [0, 0.1) is 11.8 Å². The Bertz CT molecular complexity index is 49.9. The Balaban J connectivity index is 2.09. The second-order valence-electron chi connectivity index (χ2n) is 2.13. The van der Waals surface area contributed by atoms with Crippen molar-refractivity contribution < 1.29 is 4.39 Å². The molecule has 0 spiro atoms. The molecule has 1 rings (SSSR count). The molecule has 0 aromatic carbocycles. The van der Waals surface area contributed by atoms with Crippen LogP contribution >= 0.6 is 0 Å². The van der Waals surface area contributed by atoms with Gasteiger partial charge in [-0.1, -0.05) is 6.92 Å². The lowest BCUT2D eigenvalue weighted by molar-refractivity contribution is 0.444. The molecular formula is C5H9F. The van der Waals surface area contributed by atoms with Crippen molar-refractivity contribution >= 4 is 0 Å². The molecule has 0 heterocycles. The first-order valence-corrected chi connectivity index (χ1v) is 2.40. The molecule has 0 nitrogen and oxygen atoms in total. The lowest BCUT2D eigenvalue weighted by atomic mass is 10.4. The summed E-state index contributed by atoms with van der Waals surface area (Å²) in [5.41, 5.74) is 0. The van der Waals surface area contributed by atoms with Gasteiger partial charge in [-0.25, -0.2) is 0 Å². The second kappa shape index (κ2) is 1.21. The molecule has 0 aromatic rings. The molecule has 0 saturated heterocycles. The highest BCUT2D eigenvalue weighted by atomic mass is 19.1. The molecule has 2 atom stereocenters. The van der Waals surface area contributed by atoms with Crippen molar-refractivity contribution in [1.29, 1.82) is 0 Å². The Morgan fingerprint density at radius 3 is 2.33 bits per heavy atom. The molecule has 1 fully saturated rings. The number of rotatable bonds is 1. The van der Waals surface area contributed by atoms with Gasteiger partial charge in [-0.3, -0.25) is 4.39 Å². The predicted octanol–water partition coefficient (Wildman–Crippen LogP) is 1.61. The van der Waals surface area contributed by atoms with Crippen LogP contribution in [0.2, 0.25) is 0 Å². The van der Waals surface area contributed by atoms with E-state index in [0.717, 1.165) is 6.42 Å². The molecule has 0 aliphatic heterocycles. The van der Waals surface area contributed by atoms with Crippen LogP contribution in [0.5, 0.6) is 0 Å². The largest absolute Gasteiger partial charge is 0.251 e. The molecular weight excluding hydrogens is 79.1 g/mol. The van der Waals surface area contributed by atoms with E-state index in [4.69, 9.17) is 0 Å². The van der Waals surface area contributed by atoms with Crippen LogP contribution in [0.15, 0.2) is 0 Å². The van der Waals surface area contributed by atoms with E-state index in [0.29, 0.717) is 11.8 Å². The second-order valence-corrected chi connectivity index (χ2v) is 2.13. The maximum atomic E-state index is 11.4. The SMILES string of the molecule is C[C@H]1C[C@@H]1CF. The van der Waals surface area contributed by atoms with Gasteiger partial charge < -0.3 is 0 Å². The van der Waals surface area contributed by atoms with Gasteiger partial charge in [-0.2, -0.15) is 0 Å². The third-order valence-corrected chi connectivity index (χ3v) is 1.47. The summed E-state index contributed by atoms with van der Waals surface area (Å²) in [7, 11) is 0. The van der Waals surface area contributed by atoms with Crippen molar-refractivity contribution in [2.24, 2.45) is 11.8 Å². The van der Waals surface area contributed by atoms with Crippen LogP contribution in [0.25, 0.3) is 0 Å². The van der Waals surface area contributed by atoms with Crippen molar-refractivity contribution in [3.8, 4) is 0 Å². The number of alkyl halides is 1.